The van der Waals surface area contributed by atoms with Crippen LogP contribution in [-0.2, 0) is 4.79 Å². The van der Waals surface area contributed by atoms with Gasteiger partial charge in [0.05, 0.1) is 0 Å². The Morgan fingerprint density at radius 2 is 1.89 bits per heavy atom. The van der Waals surface area contributed by atoms with Crippen LogP contribution in [-0.4, -0.2) is 23.0 Å². The Labute approximate surface area is 106 Å². The average molecular weight is 245 g/mol. The minimum atomic E-state index is -1.13. The second kappa shape index (κ2) is 5.87. The zero-order chi connectivity index (χ0) is 13.7. The Hall–Kier alpha value is -2.28. The first kappa shape index (κ1) is 13.8. The summed E-state index contributed by atoms with van der Waals surface area (Å²) in [4.78, 5) is 22.8. The van der Waals surface area contributed by atoms with Crippen molar-refractivity contribution in [3.63, 3.8) is 0 Å². The molecule has 0 spiro atoms. The molecule has 0 aromatic heterocycles. The van der Waals surface area contributed by atoms with Crippen molar-refractivity contribution in [2.45, 2.75) is 26.3 Å². The fourth-order valence-electron chi connectivity index (χ4n) is 1.67. The van der Waals surface area contributed by atoms with Crippen LogP contribution < -0.4 is 5.32 Å². The van der Waals surface area contributed by atoms with Crippen LogP contribution in [0.25, 0.3) is 0 Å². The number of carbonyl (C=O) groups excluding carboxylic acids is 1. The third-order valence-electron chi connectivity index (χ3n) is 2.41. The molecule has 1 rings (SSSR count). The lowest BCUT2D eigenvalue weighted by atomic mass is 10.1. The van der Waals surface area contributed by atoms with Gasteiger partial charge in [0.1, 0.15) is 6.04 Å². The highest BCUT2D eigenvalue weighted by Gasteiger charge is 2.19. The van der Waals surface area contributed by atoms with Gasteiger partial charge in [0, 0.05) is 12.0 Å². The van der Waals surface area contributed by atoms with Gasteiger partial charge in [0.25, 0.3) is 5.91 Å². The molecule has 0 fully saturated rings. The fourth-order valence-corrected chi connectivity index (χ4v) is 1.67. The van der Waals surface area contributed by atoms with Gasteiger partial charge in [-0.3, -0.25) is 4.79 Å². The third kappa shape index (κ3) is 3.63. The van der Waals surface area contributed by atoms with E-state index < -0.39 is 17.9 Å². The zero-order valence-corrected chi connectivity index (χ0v) is 10.4. The lowest BCUT2D eigenvalue weighted by Crippen LogP contribution is -2.40. The average Bonchev–Trinajstić information content (AvgIpc) is 2.26. The number of hydrogen-bond acceptors (Lipinski definition) is 2. The number of hydrogen-bond donors (Lipinski definition) is 2. The quantitative estimate of drug-likeness (QED) is 0.790. The second-order valence-electron chi connectivity index (χ2n) is 4.15. The van der Waals surface area contributed by atoms with E-state index in [4.69, 9.17) is 11.5 Å². The number of rotatable bonds is 4. The van der Waals surface area contributed by atoms with Crippen LogP contribution in [0.4, 0.5) is 0 Å². The molecule has 0 saturated heterocycles. The van der Waals surface area contributed by atoms with Crippen LogP contribution in [0, 0.1) is 26.2 Å². The highest BCUT2D eigenvalue weighted by atomic mass is 16.4. The number of aryl methyl sites for hydroxylation is 2. The molecular formula is C14H15NO3. The lowest BCUT2D eigenvalue weighted by Gasteiger charge is -2.12. The first-order chi connectivity index (χ1) is 8.43. The Morgan fingerprint density at radius 3 is 2.33 bits per heavy atom. The number of aliphatic carboxylic acids is 1. The Kier molecular flexibility index (Phi) is 4.50. The summed E-state index contributed by atoms with van der Waals surface area (Å²) < 4.78 is 0. The molecular weight excluding hydrogens is 230 g/mol. The van der Waals surface area contributed by atoms with E-state index in [1.807, 2.05) is 19.9 Å². The van der Waals surface area contributed by atoms with Gasteiger partial charge in [-0.25, -0.2) is 4.79 Å². The summed E-state index contributed by atoms with van der Waals surface area (Å²) >= 11 is 0. The molecule has 2 N–H and O–H groups in total. The molecule has 1 amide bonds. The van der Waals surface area contributed by atoms with E-state index in [1.54, 1.807) is 12.1 Å². The van der Waals surface area contributed by atoms with Gasteiger partial charge < -0.3 is 10.4 Å². The Morgan fingerprint density at radius 1 is 1.33 bits per heavy atom. The third-order valence-corrected chi connectivity index (χ3v) is 2.41. The molecule has 0 aliphatic heterocycles. The highest BCUT2D eigenvalue weighted by molar-refractivity contribution is 5.97. The van der Waals surface area contributed by atoms with Gasteiger partial charge in [-0.15, -0.1) is 12.3 Å². The van der Waals surface area contributed by atoms with E-state index in [-0.39, 0.29) is 6.42 Å². The standard InChI is InChI=1S/C14H15NO3/c1-4-5-12(14(17)18)15-13(16)11-7-9(2)6-10(3)8-11/h1,6-8,12H,5H2,2-3H3,(H,15,16)(H,17,18)/t12-/m1/s1. The minimum absolute atomic E-state index is 0.0358. The van der Waals surface area contributed by atoms with E-state index in [9.17, 15) is 9.59 Å². The van der Waals surface area contributed by atoms with Crippen LogP contribution in [0.15, 0.2) is 18.2 Å². The number of carbonyl (C=O) groups is 2. The van der Waals surface area contributed by atoms with E-state index in [1.165, 1.54) is 0 Å². The molecule has 4 nitrogen and oxygen atoms in total. The topological polar surface area (TPSA) is 66.4 Å². The minimum Gasteiger partial charge on any atom is -0.480 e. The number of benzene rings is 1. The van der Waals surface area contributed by atoms with Crippen molar-refractivity contribution in [2.75, 3.05) is 0 Å². The SMILES string of the molecule is C#CC[C@@H](NC(=O)c1cc(C)cc(C)c1)C(=O)O. The molecule has 0 bridgehead atoms. The summed E-state index contributed by atoms with van der Waals surface area (Å²) in [5, 5.41) is 11.3. The van der Waals surface area contributed by atoms with Crippen molar-refractivity contribution in [1.82, 2.24) is 5.32 Å². The smallest absolute Gasteiger partial charge is 0.327 e. The first-order valence-electron chi connectivity index (χ1n) is 5.49. The van der Waals surface area contributed by atoms with Gasteiger partial charge in [-0.2, -0.15) is 0 Å². The molecule has 94 valence electrons. The van der Waals surface area contributed by atoms with Crippen LogP contribution in [0.1, 0.15) is 27.9 Å². The number of carboxylic acid groups (broad SMARTS) is 1. The number of carboxylic acids is 1. The van der Waals surface area contributed by atoms with Crippen molar-refractivity contribution in [2.24, 2.45) is 0 Å². The van der Waals surface area contributed by atoms with E-state index in [2.05, 4.69) is 11.2 Å². The number of amides is 1. The summed E-state index contributed by atoms with van der Waals surface area (Å²) in [7, 11) is 0. The van der Waals surface area contributed by atoms with Gasteiger partial charge in [0.15, 0.2) is 0 Å². The molecule has 0 unspecified atom stereocenters. The van der Waals surface area contributed by atoms with Crippen LogP contribution in [0.3, 0.4) is 0 Å². The summed E-state index contributed by atoms with van der Waals surface area (Å²) in [6, 6.07) is 4.30. The van der Waals surface area contributed by atoms with Gasteiger partial charge >= 0.3 is 5.97 Å². The normalized spacial score (nSPS) is 11.4. The fraction of sp³-hybridized carbons (Fsp3) is 0.286. The van der Waals surface area contributed by atoms with Gasteiger partial charge in [-0.1, -0.05) is 17.2 Å². The zero-order valence-electron chi connectivity index (χ0n) is 10.4. The van der Waals surface area contributed by atoms with Gasteiger partial charge in [0.2, 0.25) is 0 Å². The molecule has 0 aliphatic rings. The maximum atomic E-state index is 11.9. The second-order valence-corrected chi connectivity index (χ2v) is 4.15. The Bertz CT molecular complexity index is 494. The summed E-state index contributed by atoms with van der Waals surface area (Å²) in [6.45, 7) is 3.75. The molecule has 0 heterocycles. The van der Waals surface area contributed by atoms with Crippen LogP contribution >= 0.6 is 0 Å². The molecule has 0 aliphatic carbocycles. The molecule has 1 aromatic rings. The summed E-state index contributed by atoms with van der Waals surface area (Å²) in [5.74, 6) is 0.673. The largest absolute Gasteiger partial charge is 0.480 e. The summed E-state index contributed by atoms with van der Waals surface area (Å²) in [6.07, 6.45) is 5.03. The summed E-state index contributed by atoms with van der Waals surface area (Å²) in [5.41, 5.74) is 2.34. The van der Waals surface area contributed by atoms with Gasteiger partial charge in [-0.05, 0) is 26.0 Å². The molecule has 0 saturated carbocycles. The van der Waals surface area contributed by atoms with Crippen molar-refractivity contribution < 1.29 is 14.7 Å². The maximum Gasteiger partial charge on any atom is 0.327 e. The number of terminal acetylenes is 1. The van der Waals surface area contributed by atoms with E-state index in [0.717, 1.165) is 11.1 Å². The Balaban J connectivity index is 2.87. The molecule has 1 atom stereocenters. The lowest BCUT2D eigenvalue weighted by molar-refractivity contribution is -0.139. The van der Waals surface area contributed by atoms with E-state index in [0.29, 0.717) is 5.56 Å². The predicted molar refractivity (Wildman–Crippen MR) is 68.3 cm³/mol. The molecule has 4 heteroatoms. The van der Waals surface area contributed by atoms with Crippen LogP contribution in [0.5, 0.6) is 0 Å². The molecule has 0 radical (unpaired) electrons. The predicted octanol–water partition coefficient (Wildman–Crippen LogP) is 1.51. The maximum absolute atomic E-state index is 11.9. The monoisotopic (exact) mass is 245 g/mol. The van der Waals surface area contributed by atoms with Crippen molar-refractivity contribution in [3.8, 4) is 12.3 Å². The molecule has 18 heavy (non-hydrogen) atoms. The highest BCUT2D eigenvalue weighted by Crippen LogP contribution is 2.09. The van der Waals surface area contributed by atoms with Crippen LogP contribution in [0.2, 0.25) is 0 Å². The molecule has 1 aromatic carbocycles. The first-order valence-corrected chi connectivity index (χ1v) is 5.49. The van der Waals surface area contributed by atoms with Crippen molar-refractivity contribution in [3.05, 3.63) is 34.9 Å². The van der Waals surface area contributed by atoms with Crippen molar-refractivity contribution in [1.29, 1.82) is 0 Å². The van der Waals surface area contributed by atoms with Crippen molar-refractivity contribution >= 4 is 11.9 Å². The number of nitrogens with one attached hydrogen (secondary N) is 1. The van der Waals surface area contributed by atoms with E-state index >= 15 is 0 Å².